The van der Waals surface area contributed by atoms with Gasteiger partial charge in [0.15, 0.2) is 0 Å². The number of rotatable bonds is 9. The standard InChI is InChI=1S/C26H29F3N4O5/c1-4-12-33-16(2)21(23(34)38-14-13-37-3)22(32-25(33)36)17-8-7-9-18(15-17)30-24(35)31-20-11-6-5-10-19(20)26(27,28)29/h5-11,15,22H,4,12-14H2,1-3H3,(H,32,36)(H2,30,31,35). The van der Waals surface area contributed by atoms with Crippen molar-refractivity contribution in [3.8, 4) is 0 Å². The van der Waals surface area contributed by atoms with Crippen LogP contribution in [0.5, 0.6) is 0 Å². The van der Waals surface area contributed by atoms with E-state index in [-0.39, 0.29) is 24.5 Å². The van der Waals surface area contributed by atoms with Crippen LogP contribution in [0, 0.1) is 0 Å². The molecule has 3 N–H and O–H groups in total. The summed E-state index contributed by atoms with van der Waals surface area (Å²) in [5.74, 6) is -0.634. The Balaban J connectivity index is 1.87. The predicted molar refractivity (Wildman–Crippen MR) is 134 cm³/mol. The van der Waals surface area contributed by atoms with Gasteiger partial charge in [-0.1, -0.05) is 31.2 Å². The number of ether oxygens (including phenoxy) is 2. The summed E-state index contributed by atoms with van der Waals surface area (Å²) in [5.41, 5.74) is -0.0372. The maximum absolute atomic E-state index is 13.3. The van der Waals surface area contributed by atoms with Gasteiger partial charge in [0.25, 0.3) is 0 Å². The maximum Gasteiger partial charge on any atom is 0.418 e. The Morgan fingerprint density at radius 2 is 1.82 bits per heavy atom. The lowest BCUT2D eigenvalue weighted by molar-refractivity contribution is -0.141. The molecule has 38 heavy (non-hydrogen) atoms. The summed E-state index contributed by atoms with van der Waals surface area (Å²) in [6, 6.07) is 8.71. The van der Waals surface area contributed by atoms with Crippen LogP contribution < -0.4 is 16.0 Å². The molecule has 9 nitrogen and oxygen atoms in total. The number of hydrogen-bond donors (Lipinski definition) is 3. The molecular weight excluding hydrogens is 505 g/mol. The number of anilines is 2. The topological polar surface area (TPSA) is 109 Å². The third-order valence-corrected chi connectivity index (χ3v) is 5.74. The second-order valence-corrected chi connectivity index (χ2v) is 8.41. The highest BCUT2D eigenvalue weighted by atomic mass is 19.4. The summed E-state index contributed by atoms with van der Waals surface area (Å²) < 4.78 is 50.1. The van der Waals surface area contributed by atoms with Gasteiger partial charge in [0.1, 0.15) is 6.61 Å². The lowest BCUT2D eigenvalue weighted by atomic mass is 9.94. The van der Waals surface area contributed by atoms with Crippen molar-refractivity contribution in [2.45, 2.75) is 32.5 Å². The lowest BCUT2D eigenvalue weighted by Crippen LogP contribution is -2.48. The third-order valence-electron chi connectivity index (χ3n) is 5.74. The summed E-state index contributed by atoms with van der Waals surface area (Å²) >= 11 is 0. The van der Waals surface area contributed by atoms with Gasteiger partial charge >= 0.3 is 24.2 Å². The van der Waals surface area contributed by atoms with E-state index >= 15 is 0 Å². The highest BCUT2D eigenvalue weighted by Crippen LogP contribution is 2.35. The van der Waals surface area contributed by atoms with Crippen molar-refractivity contribution in [2.24, 2.45) is 0 Å². The van der Waals surface area contributed by atoms with Crippen LogP contribution in [0.25, 0.3) is 0 Å². The van der Waals surface area contributed by atoms with Gasteiger partial charge in [-0.25, -0.2) is 14.4 Å². The molecule has 0 saturated heterocycles. The summed E-state index contributed by atoms with van der Waals surface area (Å²) in [6.45, 7) is 4.15. The first-order valence-corrected chi connectivity index (χ1v) is 11.9. The predicted octanol–water partition coefficient (Wildman–Crippen LogP) is 5.29. The van der Waals surface area contributed by atoms with Gasteiger partial charge in [-0.05, 0) is 43.2 Å². The van der Waals surface area contributed by atoms with Gasteiger partial charge in [-0.15, -0.1) is 0 Å². The largest absolute Gasteiger partial charge is 0.460 e. The third kappa shape index (κ3) is 6.82. The zero-order chi connectivity index (χ0) is 27.9. The SMILES string of the molecule is CCCN1C(=O)NC(c2cccc(NC(=O)Nc3ccccc3C(F)(F)F)c2)C(C(=O)OCCOC)=C1C. The number of para-hydroxylation sites is 1. The minimum atomic E-state index is -4.65. The molecule has 1 heterocycles. The Hall–Kier alpha value is -4.06. The Labute approximate surface area is 218 Å². The molecule has 0 spiro atoms. The molecule has 12 heteroatoms. The number of esters is 1. The van der Waals surface area contributed by atoms with Crippen molar-refractivity contribution in [3.05, 3.63) is 70.9 Å². The number of urea groups is 2. The van der Waals surface area contributed by atoms with Crippen LogP contribution in [0.4, 0.5) is 34.1 Å². The van der Waals surface area contributed by atoms with Crippen LogP contribution in [0.3, 0.4) is 0 Å². The molecule has 0 fully saturated rings. The number of carbonyl (C=O) groups is 3. The van der Waals surface area contributed by atoms with E-state index in [1.807, 2.05) is 6.92 Å². The molecule has 0 aliphatic carbocycles. The van der Waals surface area contributed by atoms with E-state index in [1.54, 1.807) is 19.1 Å². The molecule has 1 unspecified atom stereocenters. The fourth-order valence-corrected chi connectivity index (χ4v) is 4.00. The van der Waals surface area contributed by atoms with Crippen molar-refractivity contribution in [3.63, 3.8) is 0 Å². The summed E-state index contributed by atoms with van der Waals surface area (Å²) in [7, 11) is 1.47. The first-order valence-electron chi connectivity index (χ1n) is 11.9. The Morgan fingerprint density at radius 3 is 2.50 bits per heavy atom. The smallest absolute Gasteiger partial charge is 0.418 e. The van der Waals surface area contributed by atoms with Crippen LogP contribution in [0.2, 0.25) is 0 Å². The molecule has 0 radical (unpaired) electrons. The van der Waals surface area contributed by atoms with Crippen LogP contribution in [-0.4, -0.2) is 49.8 Å². The molecule has 1 aliphatic rings. The number of halogens is 3. The van der Waals surface area contributed by atoms with Crippen molar-refractivity contribution >= 4 is 29.4 Å². The number of nitrogens with one attached hydrogen (secondary N) is 3. The highest BCUT2D eigenvalue weighted by Gasteiger charge is 2.36. The van der Waals surface area contributed by atoms with Gasteiger partial charge in [0, 0.05) is 25.0 Å². The molecule has 0 saturated carbocycles. The van der Waals surface area contributed by atoms with Gasteiger partial charge in [0.05, 0.1) is 29.5 Å². The van der Waals surface area contributed by atoms with Crippen LogP contribution in [0.15, 0.2) is 59.8 Å². The zero-order valence-electron chi connectivity index (χ0n) is 21.1. The van der Waals surface area contributed by atoms with Gasteiger partial charge in [0.2, 0.25) is 0 Å². The number of benzene rings is 2. The monoisotopic (exact) mass is 534 g/mol. The van der Waals surface area contributed by atoms with E-state index in [0.717, 1.165) is 12.1 Å². The molecule has 2 aromatic rings. The number of allylic oxidation sites excluding steroid dienone is 1. The number of nitrogens with zero attached hydrogens (tertiary/aromatic N) is 1. The second-order valence-electron chi connectivity index (χ2n) is 8.41. The van der Waals surface area contributed by atoms with E-state index in [2.05, 4.69) is 16.0 Å². The summed E-state index contributed by atoms with van der Waals surface area (Å²) in [5, 5.41) is 7.52. The van der Waals surface area contributed by atoms with Gasteiger partial charge < -0.3 is 25.4 Å². The molecule has 3 rings (SSSR count). The molecule has 1 aliphatic heterocycles. The fourth-order valence-electron chi connectivity index (χ4n) is 4.00. The van der Waals surface area contributed by atoms with Gasteiger partial charge in [-0.3, -0.25) is 4.90 Å². The number of alkyl halides is 3. The van der Waals surface area contributed by atoms with E-state index in [4.69, 9.17) is 9.47 Å². The fraction of sp³-hybridized carbons (Fsp3) is 0.346. The molecule has 204 valence electrons. The van der Waals surface area contributed by atoms with E-state index in [0.29, 0.717) is 24.2 Å². The van der Waals surface area contributed by atoms with Crippen LogP contribution >= 0.6 is 0 Å². The molecule has 0 bridgehead atoms. The Morgan fingerprint density at radius 1 is 1.08 bits per heavy atom. The van der Waals surface area contributed by atoms with Crippen molar-refractivity contribution in [1.82, 2.24) is 10.2 Å². The summed E-state index contributed by atoms with van der Waals surface area (Å²) in [4.78, 5) is 39.8. The quantitative estimate of drug-likeness (QED) is 0.299. The Kier molecular flexibility index (Phi) is 9.35. The Bertz CT molecular complexity index is 1220. The summed E-state index contributed by atoms with van der Waals surface area (Å²) in [6.07, 6.45) is -3.99. The van der Waals surface area contributed by atoms with Crippen molar-refractivity contribution < 1.29 is 37.0 Å². The highest BCUT2D eigenvalue weighted by molar-refractivity contribution is 6.00. The molecule has 0 aromatic heterocycles. The second kappa shape index (κ2) is 12.5. The number of methoxy groups -OCH3 is 1. The van der Waals surface area contributed by atoms with Crippen LogP contribution in [-0.2, 0) is 20.4 Å². The van der Waals surface area contributed by atoms with E-state index in [1.165, 1.54) is 36.3 Å². The van der Waals surface area contributed by atoms with Crippen molar-refractivity contribution in [2.75, 3.05) is 37.5 Å². The average Bonchev–Trinajstić information content (AvgIpc) is 2.86. The molecule has 4 amide bonds. The number of carbonyl (C=O) groups excluding carboxylic acids is 3. The van der Waals surface area contributed by atoms with Crippen LogP contribution in [0.1, 0.15) is 37.4 Å². The minimum absolute atomic E-state index is 0.0156. The molecule has 1 atom stereocenters. The number of amides is 4. The first-order chi connectivity index (χ1) is 18.1. The first kappa shape index (κ1) is 28.5. The normalized spacial score (nSPS) is 15.7. The van der Waals surface area contributed by atoms with E-state index in [9.17, 15) is 27.6 Å². The molecule has 2 aromatic carbocycles. The molecular formula is C26H29F3N4O5. The minimum Gasteiger partial charge on any atom is -0.460 e. The van der Waals surface area contributed by atoms with Gasteiger partial charge in [-0.2, -0.15) is 13.2 Å². The van der Waals surface area contributed by atoms with Crippen molar-refractivity contribution in [1.29, 1.82) is 0 Å². The zero-order valence-corrected chi connectivity index (χ0v) is 21.1. The van der Waals surface area contributed by atoms with E-state index < -0.39 is 41.5 Å². The number of hydrogen-bond acceptors (Lipinski definition) is 5. The maximum atomic E-state index is 13.3. The average molecular weight is 535 g/mol. The lowest BCUT2D eigenvalue weighted by Gasteiger charge is -2.35.